The number of carbonyl (C=O) groups is 1. The number of sulfone groups is 1. The Labute approximate surface area is 209 Å². The van der Waals surface area contributed by atoms with Crippen molar-refractivity contribution in [1.29, 1.82) is 0 Å². The summed E-state index contributed by atoms with van der Waals surface area (Å²) in [5.41, 5.74) is 0.720. The van der Waals surface area contributed by atoms with Gasteiger partial charge in [-0.3, -0.25) is 9.10 Å². The SMILES string of the molecule is C[C@H](NC(=O)CN(c1cc(Cl)ccc1Cl)S(=O)(=O)c1ccccc1)c1ccc(S(C)(=O)=O)cc1. The van der Waals surface area contributed by atoms with Gasteiger partial charge in [-0.1, -0.05) is 53.5 Å². The molecular weight excluding hydrogens is 519 g/mol. The lowest BCUT2D eigenvalue weighted by molar-refractivity contribution is -0.120. The van der Waals surface area contributed by atoms with Crippen molar-refractivity contribution in [1.82, 2.24) is 5.32 Å². The average Bonchev–Trinajstić information content (AvgIpc) is 2.79. The van der Waals surface area contributed by atoms with E-state index in [1.54, 1.807) is 37.3 Å². The molecule has 0 aliphatic rings. The van der Waals surface area contributed by atoms with Crippen molar-refractivity contribution in [3.8, 4) is 0 Å². The number of nitrogens with one attached hydrogen (secondary N) is 1. The van der Waals surface area contributed by atoms with Gasteiger partial charge < -0.3 is 5.32 Å². The van der Waals surface area contributed by atoms with E-state index < -0.39 is 38.4 Å². The number of anilines is 1. The first-order valence-corrected chi connectivity index (χ1v) is 14.1. The van der Waals surface area contributed by atoms with Gasteiger partial charge in [-0.2, -0.15) is 0 Å². The molecule has 0 fully saturated rings. The van der Waals surface area contributed by atoms with Gasteiger partial charge >= 0.3 is 0 Å². The van der Waals surface area contributed by atoms with E-state index in [0.717, 1.165) is 10.6 Å². The molecule has 0 aliphatic heterocycles. The van der Waals surface area contributed by atoms with E-state index in [4.69, 9.17) is 23.2 Å². The van der Waals surface area contributed by atoms with Crippen molar-refractivity contribution in [3.05, 3.63) is 88.4 Å². The number of nitrogens with zero attached hydrogens (tertiary/aromatic N) is 1. The molecule has 34 heavy (non-hydrogen) atoms. The second kappa shape index (κ2) is 10.4. The molecule has 1 atom stereocenters. The Morgan fingerprint density at radius 2 is 1.53 bits per heavy atom. The number of hydrogen-bond donors (Lipinski definition) is 1. The van der Waals surface area contributed by atoms with Crippen molar-refractivity contribution in [2.24, 2.45) is 0 Å². The van der Waals surface area contributed by atoms with Crippen LogP contribution in [0.1, 0.15) is 18.5 Å². The topological polar surface area (TPSA) is 101 Å². The minimum absolute atomic E-state index is 0.0109. The molecule has 0 saturated carbocycles. The van der Waals surface area contributed by atoms with Crippen LogP contribution in [0.25, 0.3) is 0 Å². The minimum Gasteiger partial charge on any atom is -0.348 e. The highest BCUT2D eigenvalue weighted by Crippen LogP contribution is 2.33. The Kier molecular flexibility index (Phi) is 7.92. The van der Waals surface area contributed by atoms with Gasteiger partial charge in [0.05, 0.1) is 26.5 Å². The van der Waals surface area contributed by atoms with Crippen LogP contribution in [0.15, 0.2) is 82.6 Å². The molecule has 0 aliphatic carbocycles. The van der Waals surface area contributed by atoms with Crippen LogP contribution < -0.4 is 9.62 Å². The molecule has 0 spiro atoms. The fourth-order valence-electron chi connectivity index (χ4n) is 3.20. The maximum atomic E-state index is 13.4. The number of rotatable bonds is 8. The Morgan fingerprint density at radius 1 is 0.912 bits per heavy atom. The number of amides is 1. The molecule has 3 aromatic carbocycles. The number of carbonyl (C=O) groups excluding carboxylic acids is 1. The van der Waals surface area contributed by atoms with Crippen molar-refractivity contribution in [3.63, 3.8) is 0 Å². The van der Waals surface area contributed by atoms with E-state index in [-0.39, 0.29) is 25.5 Å². The smallest absolute Gasteiger partial charge is 0.264 e. The fourth-order valence-corrected chi connectivity index (χ4v) is 5.72. The molecule has 0 heterocycles. The first-order valence-electron chi connectivity index (χ1n) is 10.0. The standard InChI is InChI=1S/C23H22Cl2N2O5S2/c1-16(17-8-11-19(12-9-17)33(2,29)30)26-23(28)15-27(22-14-18(24)10-13-21(22)25)34(31,32)20-6-4-3-5-7-20/h3-14,16H,15H2,1-2H3,(H,26,28)/t16-/m0/s1. The van der Waals surface area contributed by atoms with Gasteiger partial charge in [0.2, 0.25) is 5.91 Å². The highest BCUT2D eigenvalue weighted by molar-refractivity contribution is 7.93. The molecule has 0 bridgehead atoms. The van der Waals surface area contributed by atoms with Crippen LogP contribution in [-0.4, -0.2) is 35.5 Å². The maximum absolute atomic E-state index is 13.4. The number of hydrogen-bond acceptors (Lipinski definition) is 5. The first kappa shape index (κ1) is 26.0. The molecule has 0 radical (unpaired) electrons. The molecule has 0 aromatic heterocycles. The number of benzene rings is 3. The van der Waals surface area contributed by atoms with Gasteiger partial charge in [0.15, 0.2) is 9.84 Å². The quantitative estimate of drug-likeness (QED) is 0.454. The van der Waals surface area contributed by atoms with Crippen LogP contribution in [0.4, 0.5) is 5.69 Å². The molecule has 0 unspecified atom stereocenters. The predicted octanol–water partition coefficient (Wildman–Crippen LogP) is 4.47. The third-order valence-electron chi connectivity index (χ3n) is 4.98. The van der Waals surface area contributed by atoms with Crippen LogP contribution in [0.2, 0.25) is 10.0 Å². The van der Waals surface area contributed by atoms with Gasteiger partial charge in [-0.25, -0.2) is 16.8 Å². The molecule has 1 amide bonds. The summed E-state index contributed by atoms with van der Waals surface area (Å²) in [7, 11) is -7.50. The summed E-state index contributed by atoms with van der Waals surface area (Å²) in [4.78, 5) is 13.1. The minimum atomic E-state index is -4.15. The summed E-state index contributed by atoms with van der Waals surface area (Å²) >= 11 is 12.4. The van der Waals surface area contributed by atoms with Gasteiger partial charge in [-0.05, 0) is 55.0 Å². The normalized spacial score (nSPS) is 12.7. The Balaban J connectivity index is 1.89. The van der Waals surface area contributed by atoms with Crippen LogP contribution in [-0.2, 0) is 24.7 Å². The molecule has 0 saturated heterocycles. The highest BCUT2D eigenvalue weighted by Gasteiger charge is 2.29. The summed E-state index contributed by atoms with van der Waals surface area (Å²) in [6.07, 6.45) is 1.11. The summed E-state index contributed by atoms with van der Waals surface area (Å²) in [5, 5.41) is 3.11. The highest BCUT2D eigenvalue weighted by atomic mass is 35.5. The van der Waals surface area contributed by atoms with Gasteiger partial charge in [-0.15, -0.1) is 0 Å². The summed E-state index contributed by atoms with van der Waals surface area (Å²) in [6.45, 7) is 1.15. The zero-order valence-electron chi connectivity index (χ0n) is 18.3. The molecule has 3 rings (SSSR count). The molecule has 1 N–H and O–H groups in total. The summed E-state index contributed by atoms with van der Waals surface area (Å²) in [5.74, 6) is -0.588. The van der Waals surface area contributed by atoms with E-state index in [0.29, 0.717) is 5.56 Å². The second-order valence-corrected chi connectivity index (χ2v) is 12.3. The first-order chi connectivity index (χ1) is 15.9. The molecular formula is C23H22Cl2N2O5S2. The summed E-state index contributed by atoms with van der Waals surface area (Å²) in [6, 6.07) is 17.6. The maximum Gasteiger partial charge on any atom is 0.264 e. The predicted molar refractivity (Wildman–Crippen MR) is 134 cm³/mol. The zero-order valence-corrected chi connectivity index (χ0v) is 21.4. The van der Waals surface area contributed by atoms with Crippen LogP contribution >= 0.6 is 23.2 Å². The Morgan fingerprint density at radius 3 is 2.12 bits per heavy atom. The van der Waals surface area contributed by atoms with Gasteiger partial charge in [0.25, 0.3) is 10.0 Å². The van der Waals surface area contributed by atoms with E-state index in [2.05, 4.69) is 5.32 Å². The van der Waals surface area contributed by atoms with Gasteiger partial charge in [0.1, 0.15) is 6.54 Å². The molecule has 180 valence electrons. The van der Waals surface area contributed by atoms with E-state index in [1.165, 1.54) is 42.5 Å². The fraction of sp³-hybridized carbons (Fsp3) is 0.174. The number of halogens is 2. The average molecular weight is 541 g/mol. The third kappa shape index (κ3) is 6.09. The molecule has 11 heteroatoms. The van der Waals surface area contributed by atoms with Crippen LogP contribution in [0, 0.1) is 0 Å². The van der Waals surface area contributed by atoms with Crippen molar-refractivity contribution in [2.45, 2.75) is 22.8 Å². The Hall–Kier alpha value is -2.59. The lowest BCUT2D eigenvalue weighted by Gasteiger charge is -2.26. The van der Waals surface area contributed by atoms with Gasteiger partial charge in [0, 0.05) is 11.3 Å². The molecule has 7 nitrogen and oxygen atoms in total. The van der Waals surface area contributed by atoms with Crippen LogP contribution in [0.5, 0.6) is 0 Å². The lowest BCUT2D eigenvalue weighted by atomic mass is 10.1. The summed E-state index contributed by atoms with van der Waals surface area (Å²) < 4.78 is 51.0. The largest absolute Gasteiger partial charge is 0.348 e. The molecule has 3 aromatic rings. The zero-order chi connectivity index (χ0) is 25.1. The lowest BCUT2D eigenvalue weighted by Crippen LogP contribution is -2.41. The third-order valence-corrected chi connectivity index (χ3v) is 8.44. The second-order valence-electron chi connectivity index (χ2n) is 7.55. The van der Waals surface area contributed by atoms with Crippen molar-refractivity contribution < 1.29 is 21.6 Å². The van der Waals surface area contributed by atoms with E-state index in [9.17, 15) is 21.6 Å². The van der Waals surface area contributed by atoms with Crippen LogP contribution in [0.3, 0.4) is 0 Å². The monoisotopic (exact) mass is 540 g/mol. The van der Waals surface area contributed by atoms with E-state index >= 15 is 0 Å². The van der Waals surface area contributed by atoms with Crippen molar-refractivity contribution >= 4 is 54.7 Å². The Bertz CT molecular complexity index is 1400. The van der Waals surface area contributed by atoms with E-state index in [1.807, 2.05) is 0 Å². The van der Waals surface area contributed by atoms with Crippen molar-refractivity contribution in [2.75, 3.05) is 17.1 Å². The number of sulfonamides is 1.